The minimum Gasteiger partial charge on any atom is -0.493 e. The van der Waals surface area contributed by atoms with E-state index in [1.807, 2.05) is 7.85 Å². The molecule has 0 saturated heterocycles. The molecule has 0 radical (unpaired) electrons. The molecule has 1 aromatic rings. The average molecular weight is 178 g/mol. The van der Waals surface area contributed by atoms with Gasteiger partial charge in [-0.05, 0) is 11.5 Å². The number of hydrogen-bond donors (Lipinski definition) is 0. The van der Waals surface area contributed by atoms with Crippen molar-refractivity contribution in [2.45, 2.75) is 0 Å². The fraction of sp³-hybridized carbons (Fsp3) is 0.222. The summed E-state index contributed by atoms with van der Waals surface area (Å²) in [7, 11) is 4.99. The van der Waals surface area contributed by atoms with Crippen LogP contribution in [-0.2, 0) is 0 Å². The summed E-state index contributed by atoms with van der Waals surface area (Å²) in [6.45, 7) is 0. The lowest BCUT2D eigenvalue weighted by Gasteiger charge is -2.10. The van der Waals surface area contributed by atoms with Crippen molar-refractivity contribution in [3.63, 3.8) is 0 Å². The van der Waals surface area contributed by atoms with Crippen molar-refractivity contribution in [3.05, 3.63) is 17.7 Å². The van der Waals surface area contributed by atoms with Crippen molar-refractivity contribution >= 4 is 19.6 Å². The van der Waals surface area contributed by atoms with E-state index < -0.39 is 0 Å². The van der Waals surface area contributed by atoms with Gasteiger partial charge in [-0.15, -0.1) is 0 Å². The molecule has 1 rings (SSSR count). The summed E-state index contributed by atoms with van der Waals surface area (Å²) in [6, 6.07) is 3.41. The van der Waals surface area contributed by atoms with Crippen LogP contribution in [0.1, 0.15) is 10.4 Å². The van der Waals surface area contributed by atoms with Gasteiger partial charge in [-0.3, -0.25) is 4.79 Å². The Bertz CT molecular complexity index is 323. The number of aldehydes is 1. The Kier molecular flexibility index (Phi) is 2.95. The molecule has 68 valence electrons. The van der Waals surface area contributed by atoms with Gasteiger partial charge in [-0.1, -0.05) is 6.07 Å². The number of ether oxygens (including phenoxy) is 2. The van der Waals surface area contributed by atoms with Crippen molar-refractivity contribution < 1.29 is 14.3 Å². The summed E-state index contributed by atoms with van der Waals surface area (Å²) < 4.78 is 10.2. The van der Waals surface area contributed by atoms with E-state index in [4.69, 9.17) is 9.47 Å². The van der Waals surface area contributed by atoms with Crippen LogP contribution in [0.5, 0.6) is 11.5 Å². The molecule has 0 spiro atoms. The second-order valence-electron chi connectivity index (χ2n) is 2.69. The predicted octanol–water partition coefficient (Wildman–Crippen LogP) is -0.225. The SMILES string of the molecule is Bc1cc(C=O)cc(OC)c1OC. The molecule has 0 aliphatic heterocycles. The summed E-state index contributed by atoms with van der Waals surface area (Å²) in [4.78, 5) is 10.5. The van der Waals surface area contributed by atoms with Crippen LogP contribution in [0, 0.1) is 0 Å². The van der Waals surface area contributed by atoms with Crippen LogP contribution in [0.4, 0.5) is 0 Å². The molecule has 0 bridgehead atoms. The minimum absolute atomic E-state index is 0.588. The van der Waals surface area contributed by atoms with Crippen molar-refractivity contribution in [2.24, 2.45) is 0 Å². The van der Waals surface area contributed by atoms with Gasteiger partial charge in [-0.25, -0.2) is 0 Å². The van der Waals surface area contributed by atoms with E-state index in [0.29, 0.717) is 17.1 Å². The van der Waals surface area contributed by atoms with E-state index in [0.717, 1.165) is 11.7 Å². The number of carbonyl (C=O) groups is 1. The number of hydrogen-bond acceptors (Lipinski definition) is 3. The molecule has 0 N–H and O–H groups in total. The molecule has 0 unspecified atom stereocenters. The molecule has 4 heteroatoms. The molecular weight excluding hydrogens is 167 g/mol. The van der Waals surface area contributed by atoms with Gasteiger partial charge >= 0.3 is 0 Å². The largest absolute Gasteiger partial charge is 0.493 e. The molecule has 0 aliphatic rings. The third-order valence-corrected chi connectivity index (χ3v) is 1.82. The van der Waals surface area contributed by atoms with E-state index in [-0.39, 0.29) is 0 Å². The first-order valence-corrected chi connectivity index (χ1v) is 3.90. The molecule has 0 aliphatic carbocycles. The van der Waals surface area contributed by atoms with Crippen molar-refractivity contribution in [1.82, 2.24) is 0 Å². The Hall–Kier alpha value is -1.45. The second kappa shape index (κ2) is 3.98. The zero-order chi connectivity index (χ0) is 9.84. The van der Waals surface area contributed by atoms with Gasteiger partial charge in [0.25, 0.3) is 0 Å². The highest BCUT2D eigenvalue weighted by atomic mass is 16.5. The van der Waals surface area contributed by atoms with Crippen LogP contribution >= 0.6 is 0 Å². The lowest BCUT2D eigenvalue weighted by molar-refractivity contribution is 0.112. The number of carbonyl (C=O) groups excluding carboxylic acids is 1. The van der Waals surface area contributed by atoms with E-state index >= 15 is 0 Å². The van der Waals surface area contributed by atoms with Gasteiger partial charge in [0.1, 0.15) is 14.1 Å². The van der Waals surface area contributed by atoms with Crippen LogP contribution in [-0.4, -0.2) is 28.4 Å². The first-order valence-electron chi connectivity index (χ1n) is 3.90. The summed E-state index contributed by atoms with van der Waals surface area (Å²) in [6.07, 6.45) is 0.787. The smallest absolute Gasteiger partial charge is 0.160 e. The van der Waals surface area contributed by atoms with Gasteiger partial charge in [0.15, 0.2) is 11.5 Å². The van der Waals surface area contributed by atoms with Gasteiger partial charge in [0.2, 0.25) is 0 Å². The molecule has 1 aromatic carbocycles. The van der Waals surface area contributed by atoms with Crippen molar-refractivity contribution in [1.29, 1.82) is 0 Å². The lowest BCUT2D eigenvalue weighted by atomic mass is 9.93. The maximum atomic E-state index is 10.5. The van der Waals surface area contributed by atoms with Gasteiger partial charge < -0.3 is 9.47 Å². The quantitative estimate of drug-likeness (QED) is 0.473. The fourth-order valence-electron chi connectivity index (χ4n) is 1.25. The molecule has 0 amide bonds. The second-order valence-corrected chi connectivity index (χ2v) is 2.69. The molecule has 0 fully saturated rings. The van der Waals surface area contributed by atoms with Gasteiger partial charge in [0, 0.05) is 5.56 Å². The number of rotatable bonds is 3. The van der Waals surface area contributed by atoms with E-state index in [1.54, 1.807) is 26.4 Å². The molecular formula is C9H11BO3. The summed E-state index contributed by atoms with van der Waals surface area (Å²) >= 11 is 0. The third kappa shape index (κ3) is 1.83. The zero-order valence-corrected chi connectivity index (χ0v) is 7.96. The standard InChI is InChI=1S/C9H11BO3/c1-12-8-4-6(5-11)3-7(10)9(8)13-2/h3-5H,10H2,1-2H3. The Morgan fingerprint density at radius 2 is 2.00 bits per heavy atom. The molecule has 0 aromatic heterocycles. The third-order valence-electron chi connectivity index (χ3n) is 1.82. The Labute approximate surface area is 78.1 Å². The van der Waals surface area contributed by atoms with E-state index in [1.165, 1.54) is 0 Å². The molecule has 0 saturated carbocycles. The van der Waals surface area contributed by atoms with E-state index in [2.05, 4.69) is 0 Å². The Balaban J connectivity index is 3.28. The summed E-state index contributed by atoms with van der Waals surface area (Å²) in [5, 5.41) is 0. The molecule has 3 nitrogen and oxygen atoms in total. The van der Waals surface area contributed by atoms with E-state index in [9.17, 15) is 4.79 Å². The summed E-state index contributed by atoms with van der Waals surface area (Å²) in [5.74, 6) is 1.26. The average Bonchev–Trinajstić information content (AvgIpc) is 2.16. The minimum atomic E-state index is 0.588. The van der Waals surface area contributed by atoms with Gasteiger partial charge in [-0.2, -0.15) is 0 Å². The molecule has 0 atom stereocenters. The van der Waals surface area contributed by atoms with Crippen LogP contribution in [0.15, 0.2) is 12.1 Å². The van der Waals surface area contributed by atoms with Crippen LogP contribution < -0.4 is 14.9 Å². The fourth-order valence-corrected chi connectivity index (χ4v) is 1.25. The lowest BCUT2D eigenvalue weighted by Crippen LogP contribution is -2.10. The zero-order valence-electron chi connectivity index (χ0n) is 7.96. The van der Waals surface area contributed by atoms with Crippen LogP contribution in [0.3, 0.4) is 0 Å². The Morgan fingerprint density at radius 1 is 1.31 bits per heavy atom. The van der Waals surface area contributed by atoms with Crippen molar-refractivity contribution in [3.8, 4) is 11.5 Å². The predicted molar refractivity (Wildman–Crippen MR) is 53.1 cm³/mol. The maximum Gasteiger partial charge on any atom is 0.160 e. The molecule has 0 heterocycles. The normalized spacial score (nSPS) is 9.38. The highest BCUT2D eigenvalue weighted by Crippen LogP contribution is 2.24. The number of benzene rings is 1. The van der Waals surface area contributed by atoms with Crippen LogP contribution in [0.25, 0.3) is 0 Å². The van der Waals surface area contributed by atoms with Crippen LogP contribution in [0.2, 0.25) is 0 Å². The summed E-state index contributed by atoms with van der Waals surface area (Å²) in [5.41, 5.74) is 1.49. The highest BCUT2D eigenvalue weighted by molar-refractivity contribution is 6.35. The maximum absolute atomic E-state index is 10.5. The Morgan fingerprint density at radius 3 is 2.46 bits per heavy atom. The number of methoxy groups -OCH3 is 2. The monoisotopic (exact) mass is 178 g/mol. The van der Waals surface area contributed by atoms with Gasteiger partial charge in [0.05, 0.1) is 14.2 Å². The molecule has 13 heavy (non-hydrogen) atoms. The van der Waals surface area contributed by atoms with Crippen molar-refractivity contribution in [2.75, 3.05) is 14.2 Å². The topological polar surface area (TPSA) is 35.5 Å². The highest BCUT2D eigenvalue weighted by Gasteiger charge is 2.07. The first kappa shape index (κ1) is 9.64. The first-order chi connectivity index (χ1) is 6.22.